The molecule has 0 radical (unpaired) electrons. The molecule has 1 heterocycles. The van der Waals surface area contributed by atoms with Crippen molar-refractivity contribution >= 4 is 29.9 Å². The summed E-state index contributed by atoms with van der Waals surface area (Å²) in [4.78, 5) is 6.76. The molecule has 0 atom stereocenters. The minimum absolute atomic E-state index is 0. The zero-order chi connectivity index (χ0) is 16.8. The monoisotopic (exact) mass is 448 g/mol. The second-order valence-corrected chi connectivity index (χ2v) is 6.07. The van der Waals surface area contributed by atoms with Gasteiger partial charge in [0.15, 0.2) is 17.5 Å². The minimum Gasteiger partial charge on any atom is -0.493 e. The van der Waals surface area contributed by atoms with Crippen molar-refractivity contribution in [3.05, 3.63) is 23.3 Å². The zero-order valence-corrected chi connectivity index (χ0v) is 17.3. The number of aliphatic imine (C=N–C) groups is 1. The van der Waals surface area contributed by atoms with Crippen LogP contribution in [-0.4, -0.2) is 50.8 Å². The fourth-order valence-corrected chi connectivity index (χ4v) is 2.79. The first kappa shape index (κ1) is 20.8. The molecule has 1 aliphatic rings. The number of fused-ring (bicyclic) bond motifs is 1. The van der Waals surface area contributed by atoms with Gasteiger partial charge in [-0.05, 0) is 43.5 Å². The van der Waals surface area contributed by atoms with Crippen molar-refractivity contribution in [1.29, 1.82) is 0 Å². The molecule has 6 nitrogen and oxygen atoms in total. The van der Waals surface area contributed by atoms with E-state index in [1.165, 1.54) is 11.1 Å². The molecule has 0 spiro atoms. The maximum absolute atomic E-state index is 5.83. The quantitative estimate of drug-likeness (QED) is 0.396. The topological polar surface area (TPSA) is 72.1 Å². The Kier molecular flexibility index (Phi) is 8.61. The van der Waals surface area contributed by atoms with E-state index < -0.39 is 0 Å². The van der Waals surface area contributed by atoms with E-state index in [9.17, 15) is 0 Å². The van der Waals surface area contributed by atoms with Gasteiger partial charge in [0, 0.05) is 25.7 Å². The lowest BCUT2D eigenvalue weighted by Gasteiger charge is -2.29. The highest BCUT2D eigenvalue weighted by Crippen LogP contribution is 2.33. The van der Waals surface area contributed by atoms with Crippen LogP contribution in [0, 0.1) is 0 Å². The maximum Gasteiger partial charge on any atom is 0.188 e. The summed E-state index contributed by atoms with van der Waals surface area (Å²) >= 11 is 0. The molecule has 0 bridgehead atoms. The van der Waals surface area contributed by atoms with E-state index in [1.54, 1.807) is 14.2 Å². The third kappa shape index (κ3) is 5.70. The third-order valence-electron chi connectivity index (χ3n) is 3.93. The average Bonchev–Trinajstić information content (AvgIpc) is 2.52. The van der Waals surface area contributed by atoms with Crippen molar-refractivity contribution in [3.8, 4) is 11.5 Å². The molecule has 1 aliphatic heterocycles. The first-order chi connectivity index (χ1) is 11.0. The Labute approximate surface area is 161 Å². The summed E-state index contributed by atoms with van der Waals surface area (Å²) in [5, 5.41) is 3.10. The van der Waals surface area contributed by atoms with Crippen molar-refractivity contribution in [2.24, 2.45) is 10.7 Å². The summed E-state index contributed by atoms with van der Waals surface area (Å²) in [6.45, 7) is 7.62. The summed E-state index contributed by atoms with van der Waals surface area (Å²) in [7, 11) is 3.34. The lowest BCUT2D eigenvalue weighted by atomic mass is 9.99. The molecule has 2 rings (SSSR count). The van der Waals surface area contributed by atoms with Gasteiger partial charge in [-0.15, -0.1) is 24.0 Å². The second kappa shape index (κ2) is 9.93. The molecule has 3 N–H and O–H groups in total. The molecule has 136 valence electrons. The van der Waals surface area contributed by atoms with Gasteiger partial charge in [-0.1, -0.05) is 0 Å². The van der Waals surface area contributed by atoms with Crippen molar-refractivity contribution in [1.82, 2.24) is 10.2 Å². The Hall–Kier alpha value is -1.22. The summed E-state index contributed by atoms with van der Waals surface area (Å²) in [5.74, 6) is 2.11. The Morgan fingerprint density at radius 1 is 1.25 bits per heavy atom. The highest BCUT2D eigenvalue weighted by atomic mass is 127. The normalized spacial score (nSPS) is 14.8. The van der Waals surface area contributed by atoms with Gasteiger partial charge in [-0.3, -0.25) is 9.89 Å². The van der Waals surface area contributed by atoms with E-state index in [-0.39, 0.29) is 24.0 Å². The van der Waals surface area contributed by atoms with E-state index in [0.717, 1.165) is 37.6 Å². The number of rotatable bonds is 6. The van der Waals surface area contributed by atoms with Gasteiger partial charge in [-0.25, -0.2) is 0 Å². The number of hydrogen-bond acceptors (Lipinski definition) is 4. The number of halogens is 1. The maximum atomic E-state index is 5.83. The summed E-state index contributed by atoms with van der Waals surface area (Å²) in [6, 6.07) is 4.48. The Morgan fingerprint density at radius 2 is 1.88 bits per heavy atom. The number of benzene rings is 1. The van der Waals surface area contributed by atoms with E-state index in [4.69, 9.17) is 15.2 Å². The fraction of sp³-hybridized carbons (Fsp3) is 0.588. The molecule has 24 heavy (non-hydrogen) atoms. The van der Waals surface area contributed by atoms with Crippen LogP contribution >= 0.6 is 24.0 Å². The highest BCUT2D eigenvalue weighted by molar-refractivity contribution is 14.0. The lowest BCUT2D eigenvalue weighted by Crippen LogP contribution is -2.38. The number of hydrogen-bond donors (Lipinski definition) is 2. The van der Waals surface area contributed by atoms with Gasteiger partial charge in [-0.2, -0.15) is 0 Å². The lowest BCUT2D eigenvalue weighted by molar-refractivity contribution is 0.260. The first-order valence-electron chi connectivity index (χ1n) is 8.06. The van der Waals surface area contributed by atoms with Crippen molar-refractivity contribution < 1.29 is 9.47 Å². The van der Waals surface area contributed by atoms with Gasteiger partial charge in [0.2, 0.25) is 0 Å². The molecule has 0 amide bonds. The Morgan fingerprint density at radius 3 is 2.46 bits per heavy atom. The second-order valence-electron chi connectivity index (χ2n) is 6.07. The van der Waals surface area contributed by atoms with E-state index in [1.807, 2.05) is 13.8 Å². The van der Waals surface area contributed by atoms with Gasteiger partial charge in [0.1, 0.15) is 0 Å². The van der Waals surface area contributed by atoms with Crippen LogP contribution in [-0.2, 0) is 13.0 Å². The number of nitrogens with one attached hydrogen (secondary N) is 1. The number of methoxy groups -OCH3 is 2. The molecule has 0 aromatic heterocycles. The molecular weight excluding hydrogens is 419 g/mol. The molecule has 0 saturated carbocycles. The van der Waals surface area contributed by atoms with E-state index in [0.29, 0.717) is 18.5 Å². The van der Waals surface area contributed by atoms with Crippen LogP contribution in [0.3, 0.4) is 0 Å². The van der Waals surface area contributed by atoms with Crippen LogP contribution in [0.2, 0.25) is 0 Å². The van der Waals surface area contributed by atoms with E-state index >= 15 is 0 Å². The Balaban J connectivity index is 0.00000288. The van der Waals surface area contributed by atoms with E-state index in [2.05, 4.69) is 27.3 Å². The first-order valence-corrected chi connectivity index (χ1v) is 8.06. The van der Waals surface area contributed by atoms with Crippen LogP contribution in [0.15, 0.2) is 17.1 Å². The predicted octanol–water partition coefficient (Wildman–Crippen LogP) is 1.99. The summed E-state index contributed by atoms with van der Waals surface area (Å²) in [5.41, 5.74) is 8.46. The molecule has 0 fully saturated rings. The number of ether oxygens (including phenoxy) is 2. The fourth-order valence-electron chi connectivity index (χ4n) is 2.79. The number of nitrogens with two attached hydrogens (primary N) is 1. The smallest absolute Gasteiger partial charge is 0.188 e. The third-order valence-corrected chi connectivity index (χ3v) is 3.93. The minimum atomic E-state index is 0. The standard InChI is InChI=1S/C17H28N4O2.HI/c1-12(2)20-17(18)19-6-8-21-7-5-13-9-15(22-3)16(23-4)10-14(13)11-21;/h9-10,12H,5-8,11H2,1-4H3,(H3,18,19,20);1H. The van der Waals surface area contributed by atoms with Crippen LogP contribution in [0.4, 0.5) is 0 Å². The average molecular weight is 448 g/mol. The molecular formula is C17H29IN4O2. The van der Waals surface area contributed by atoms with Crippen LogP contribution in [0.1, 0.15) is 25.0 Å². The summed E-state index contributed by atoms with van der Waals surface area (Å²) < 4.78 is 10.8. The van der Waals surface area contributed by atoms with Gasteiger partial charge in [0.25, 0.3) is 0 Å². The van der Waals surface area contributed by atoms with Crippen molar-refractivity contribution in [3.63, 3.8) is 0 Å². The number of guanidine groups is 1. The number of nitrogens with zero attached hydrogens (tertiary/aromatic N) is 2. The van der Waals surface area contributed by atoms with Gasteiger partial charge >= 0.3 is 0 Å². The molecule has 0 unspecified atom stereocenters. The van der Waals surface area contributed by atoms with Crippen LogP contribution in [0.5, 0.6) is 11.5 Å². The SMILES string of the molecule is COc1cc2c(cc1OC)CN(CCN=C(N)NC(C)C)CC2.I. The zero-order valence-electron chi connectivity index (χ0n) is 15.0. The largest absolute Gasteiger partial charge is 0.493 e. The van der Waals surface area contributed by atoms with Gasteiger partial charge in [0.05, 0.1) is 20.8 Å². The predicted molar refractivity (Wildman–Crippen MR) is 109 cm³/mol. The molecule has 1 aromatic rings. The molecule has 0 saturated heterocycles. The van der Waals surface area contributed by atoms with Crippen LogP contribution in [0.25, 0.3) is 0 Å². The van der Waals surface area contributed by atoms with Crippen molar-refractivity contribution in [2.75, 3.05) is 33.9 Å². The van der Waals surface area contributed by atoms with Gasteiger partial charge < -0.3 is 20.5 Å². The molecule has 7 heteroatoms. The van der Waals surface area contributed by atoms with Crippen molar-refractivity contribution in [2.45, 2.75) is 32.9 Å². The Bertz CT molecular complexity index is 564. The highest BCUT2D eigenvalue weighted by Gasteiger charge is 2.19. The summed E-state index contributed by atoms with van der Waals surface area (Å²) in [6.07, 6.45) is 1.01. The van der Waals surface area contributed by atoms with Crippen LogP contribution < -0.4 is 20.5 Å². The molecule has 0 aliphatic carbocycles. The molecule has 1 aromatic carbocycles.